The number of aliphatic carboxylic acids is 1. The van der Waals surface area contributed by atoms with Crippen molar-refractivity contribution in [1.29, 1.82) is 0 Å². The number of carbonyl (C=O) groups is 2. The second kappa shape index (κ2) is 6.17. The molecule has 0 bridgehead atoms. The first-order valence-corrected chi connectivity index (χ1v) is 6.32. The van der Waals surface area contributed by atoms with Gasteiger partial charge in [0.1, 0.15) is 6.61 Å². The topological polar surface area (TPSA) is 117 Å². The van der Waals surface area contributed by atoms with Crippen LogP contribution in [0.15, 0.2) is 23.9 Å². The third-order valence-electron chi connectivity index (χ3n) is 3.03. The number of amides is 1. The summed E-state index contributed by atoms with van der Waals surface area (Å²) in [6.45, 7) is -0.576. The highest BCUT2D eigenvalue weighted by Crippen LogP contribution is 2.29. The number of hydrogen-bond acceptors (Lipinski definition) is 6. The summed E-state index contributed by atoms with van der Waals surface area (Å²) in [4.78, 5) is 22.2. The van der Waals surface area contributed by atoms with E-state index in [1.165, 1.54) is 11.7 Å². The number of methoxy groups -OCH3 is 1. The summed E-state index contributed by atoms with van der Waals surface area (Å²) in [7, 11) is 3.09. The molecule has 0 saturated heterocycles. The predicted octanol–water partition coefficient (Wildman–Crippen LogP) is -1.75. The van der Waals surface area contributed by atoms with Gasteiger partial charge in [-0.05, 0) is 23.8 Å². The van der Waals surface area contributed by atoms with Crippen molar-refractivity contribution in [3.05, 3.63) is 29.5 Å². The van der Waals surface area contributed by atoms with Gasteiger partial charge < -0.3 is 19.4 Å². The molecular formula is C14H15N3O5. The number of hydrogen-bond donors (Lipinski definition) is 2. The van der Waals surface area contributed by atoms with Gasteiger partial charge in [-0.3, -0.25) is 5.73 Å². The summed E-state index contributed by atoms with van der Waals surface area (Å²) in [5.74, 6) is -0.783. The molecule has 1 heterocycles. The van der Waals surface area contributed by atoms with E-state index in [0.717, 1.165) is 0 Å². The number of carbonyl (C=O) groups excluding carboxylic acids is 2. The van der Waals surface area contributed by atoms with Gasteiger partial charge in [-0.1, -0.05) is 6.07 Å². The summed E-state index contributed by atoms with van der Waals surface area (Å²) in [5.41, 5.74) is 6.67. The number of nitrogens with zero attached hydrogens (tertiary/aromatic N) is 1. The van der Waals surface area contributed by atoms with Crippen LogP contribution in [0.25, 0.3) is 6.08 Å². The molecule has 0 spiro atoms. The Morgan fingerprint density at radius 3 is 2.73 bits per heavy atom. The zero-order valence-electron chi connectivity index (χ0n) is 12.1. The van der Waals surface area contributed by atoms with Crippen LogP contribution in [-0.4, -0.2) is 43.2 Å². The Kier molecular flexibility index (Phi) is 4.31. The van der Waals surface area contributed by atoms with Gasteiger partial charge in [0.25, 0.3) is 0 Å². The minimum Gasteiger partial charge on any atom is -0.546 e. The molecule has 0 unspecified atom stereocenters. The first-order valence-electron chi connectivity index (χ1n) is 6.32. The maximum atomic E-state index is 11.7. The molecule has 1 aliphatic heterocycles. The summed E-state index contributed by atoms with van der Waals surface area (Å²) in [6, 6.07) is 4.83. The first kappa shape index (κ1) is 15.4. The number of nitrogens with one attached hydrogen (secondary N) is 1. The highest BCUT2D eigenvalue weighted by molar-refractivity contribution is 6.08. The van der Waals surface area contributed by atoms with Gasteiger partial charge in [0.2, 0.25) is 0 Å². The second-order valence-corrected chi connectivity index (χ2v) is 4.50. The van der Waals surface area contributed by atoms with Crippen molar-refractivity contribution in [3.63, 3.8) is 0 Å². The zero-order chi connectivity index (χ0) is 16.3. The van der Waals surface area contributed by atoms with Crippen LogP contribution in [0.4, 0.5) is 0 Å². The van der Waals surface area contributed by atoms with E-state index in [1.54, 1.807) is 31.3 Å². The maximum absolute atomic E-state index is 11.7. The molecule has 116 valence electrons. The third kappa shape index (κ3) is 3.17. The predicted molar refractivity (Wildman–Crippen MR) is 75.0 cm³/mol. The molecule has 22 heavy (non-hydrogen) atoms. The standard InChI is InChI=1S/C14H15N3O5/c1-17-9(13(20)16-14(17)15)5-8-3-4-10(11(6-8)21-2)22-7-12(18)19/h3-6H,7H2,1-2H3,(H3,15,16,18,19,20)/b9-5-. The minimum atomic E-state index is -1.33. The summed E-state index contributed by atoms with van der Waals surface area (Å²) >= 11 is 0. The van der Waals surface area contributed by atoms with Gasteiger partial charge >= 0.3 is 11.9 Å². The largest absolute Gasteiger partial charge is 0.546 e. The Morgan fingerprint density at radius 1 is 1.45 bits per heavy atom. The van der Waals surface area contributed by atoms with Crippen LogP contribution in [0.1, 0.15) is 5.56 Å². The summed E-state index contributed by atoms with van der Waals surface area (Å²) in [6.07, 6.45) is 1.63. The fraction of sp³-hybridized carbons (Fsp3) is 0.214. The Labute approximate surface area is 126 Å². The maximum Gasteiger partial charge on any atom is 0.356 e. The Morgan fingerprint density at radius 2 is 2.18 bits per heavy atom. The molecule has 8 nitrogen and oxygen atoms in total. The lowest BCUT2D eigenvalue weighted by Gasteiger charge is -2.11. The first-order chi connectivity index (χ1) is 10.4. The van der Waals surface area contributed by atoms with E-state index in [9.17, 15) is 14.7 Å². The molecule has 0 aliphatic carbocycles. The lowest BCUT2D eigenvalue weighted by atomic mass is 10.1. The molecule has 1 aromatic carbocycles. The SMILES string of the molecule is COc1cc(/C=C2/C(=O)NC(N)=[N+]2C)ccc1OCC(=O)[O-]. The number of carboxylic acids is 1. The number of guanidine groups is 1. The second-order valence-electron chi connectivity index (χ2n) is 4.50. The Hall–Kier alpha value is -3.03. The third-order valence-corrected chi connectivity index (χ3v) is 3.03. The molecule has 8 heteroatoms. The Bertz CT molecular complexity index is 694. The van der Waals surface area contributed by atoms with Crippen LogP contribution in [0.5, 0.6) is 11.5 Å². The number of nitrogens with two attached hydrogens (primary N) is 1. The van der Waals surface area contributed by atoms with Crippen molar-refractivity contribution in [2.24, 2.45) is 5.73 Å². The molecule has 2 rings (SSSR count). The van der Waals surface area contributed by atoms with Crippen LogP contribution >= 0.6 is 0 Å². The highest BCUT2D eigenvalue weighted by atomic mass is 16.5. The van der Waals surface area contributed by atoms with Crippen molar-refractivity contribution < 1.29 is 28.7 Å². The van der Waals surface area contributed by atoms with E-state index in [0.29, 0.717) is 17.0 Å². The van der Waals surface area contributed by atoms with Gasteiger partial charge in [0.15, 0.2) is 17.2 Å². The molecule has 0 aromatic heterocycles. The molecule has 0 radical (unpaired) electrons. The zero-order valence-corrected chi connectivity index (χ0v) is 12.1. The van der Waals surface area contributed by atoms with Crippen LogP contribution < -0.4 is 25.6 Å². The normalized spacial score (nSPS) is 15.9. The van der Waals surface area contributed by atoms with Gasteiger partial charge in [0, 0.05) is 0 Å². The molecule has 1 amide bonds. The highest BCUT2D eigenvalue weighted by Gasteiger charge is 2.28. The van der Waals surface area contributed by atoms with E-state index in [1.807, 2.05) is 0 Å². The van der Waals surface area contributed by atoms with Crippen LogP contribution in [0, 0.1) is 0 Å². The average molecular weight is 305 g/mol. The van der Waals surface area contributed by atoms with Gasteiger partial charge in [-0.2, -0.15) is 0 Å². The molecular weight excluding hydrogens is 290 g/mol. The number of benzene rings is 1. The Balaban J connectivity index is 2.30. The van der Waals surface area contributed by atoms with E-state index < -0.39 is 12.6 Å². The monoisotopic (exact) mass is 305 g/mol. The van der Waals surface area contributed by atoms with E-state index in [2.05, 4.69) is 5.32 Å². The molecule has 0 saturated carbocycles. The van der Waals surface area contributed by atoms with Crippen molar-refractivity contribution >= 4 is 23.9 Å². The van der Waals surface area contributed by atoms with Crippen molar-refractivity contribution in [2.75, 3.05) is 20.8 Å². The van der Waals surface area contributed by atoms with Crippen LogP contribution in [-0.2, 0) is 9.59 Å². The average Bonchev–Trinajstić information content (AvgIpc) is 2.72. The molecule has 0 atom stereocenters. The lowest BCUT2D eigenvalue weighted by molar-refractivity contribution is -0.432. The summed E-state index contributed by atoms with van der Waals surface area (Å²) in [5, 5.41) is 12.9. The number of likely N-dealkylation sites (N-methyl/N-ethyl adjacent to an activating group) is 1. The minimum absolute atomic E-state index is 0.247. The van der Waals surface area contributed by atoms with Crippen molar-refractivity contribution in [3.8, 4) is 11.5 Å². The van der Waals surface area contributed by atoms with Crippen molar-refractivity contribution in [2.45, 2.75) is 0 Å². The quantitative estimate of drug-likeness (QED) is 0.492. The summed E-state index contributed by atoms with van der Waals surface area (Å²) < 4.78 is 11.7. The fourth-order valence-corrected chi connectivity index (χ4v) is 1.90. The molecule has 0 fully saturated rings. The number of rotatable bonds is 5. The fourth-order valence-electron chi connectivity index (χ4n) is 1.90. The van der Waals surface area contributed by atoms with E-state index >= 15 is 0 Å². The lowest BCUT2D eigenvalue weighted by Crippen LogP contribution is -2.32. The van der Waals surface area contributed by atoms with Crippen LogP contribution in [0.3, 0.4) is 0 Å². The van der Waals surface area contributed by atoms with Gasteiger partial charge in [-0.25, -0.2) is 14.7 Å². The van der Waals surface area contributed by atoms with Gasteiger partial charge in [0.05, 0.1) is 20.1 Å². The van der Waals surface area contributed by atoms with Gasteiger partial charge in [-0.15, -0.1) is 0 Å². The molecule has 1 aliphatic rings. The number of ether oxygens (including phenoxy) is 2. The molecule has 1 aromatic rings. The number of carboxylic acid groups (broad SMARTS) is 1. The van der Waals surface area contributed by atoms with Crippen LogP contribution in [0.2, 0.25) is 0 Å². The van der Waals surface area contributed by atoms with E-state index in [4.69, 9.17) is 15.2 Å². The smallest absolute Gasteiger partial charge is 0.356 e. The molecule has 3 N–H and O–H groups in total. The van der Waals surface area contributed by atoms with Crippen molar-refractivity contribution in [1.82, 2.24) is 5.32 Å². The van der Waals surface area contributed by atoms with E-state index in [-0.39, 0.29) is 17.6 Å².